The molecule has 0 aliphatic heterocycles. The van der Waals surface area contributed by atoms with Crippen molar-refractivity contribution >= 4 is 17.7 Å². The second-order valence-corrected chi connectivity index (χ2v) is 6.18. The zero-order valence-corrected chi connectivity index (χ0v) is 13.8. The average Bonchev–Trinajstić information content (AvgIpc) is 2.40. The molecular formula is C14H23N3O3S. The lowest BCUT2D eigenvalue weighted by molar-refractivity contribution is -0.127. The van der Waals surface area contributed by atoms with E-state index in [1.54, 1.807) is 11.9 Å². The van der Waals surface area contributed by atoms with Gasteiger partial charge in [0.1, 0.15) is 0 Å². The number of hydrogen-bond acceptors (Lipinski definition) is 5. The molecule has 118 valence electrons. The van der Waals surface area contributed by atoms with Crippen molar-refractivity contribution in [2.75, 3.05) is 19.3 Å². The number of thioether (sulfide) groups is 1. The highest BCUT2D eigenvalue weighted by Crippen LogP contribution is 2.21. The minimum absolute atomic E-state index is 0.0245. The Morgan fingerprint density at radius 3 is 2.67 bits per heavy atom. The van der Waals surface area contributed by atoms with Gasteiger partial charge in [-0.3, -0.25) is 9.59 Å². The molecule has 1 aromatic rings. The summed E-state index contributed by atoms with van der Waals surface area (Å²) in [5, 5.41) is 10.1. The maximum absolute atomic E-state index is 11.9. The van der Waals surface area contributed by atoms with E-state index in [1.165, 1.54) is 0 Å². The molecule has 0 spiro atoms. The standard InChI is InChI=1S/C14H23N3O3S/c1-5-6-7-17(4)10(18)8-21-14-15-12(19)11(9(2)3)13(20)16-14/h9H,5-8H2,1-4H3,(H2,15,16,19,20). The molecule has 2 N–H and O–H groups in total. The van der Waals surface area contributed by atoms with Crippen molar-refractivity contribution in [3.63, 3.8) is 0 Å². The Labute approximate surface area is 129 Å². The maximum atomic E-state index is 11.9. The van der Waals surface area contributed by atoms with E-state index >= 15 is 0 Å². The van der Waals surface area contributed by atoms with Gasteiger partial charge in [0.15, 0.2) is 5.16 Å². The summed E-state index contributed by atoms with van der Waals surface area (Å²) in [5.74, 6) is -0.211. The predicted molar refractivity (Wildman–Crippen MR) is 83.9 cm³/mol. The minimum Gasteiger partial charge on any atom is -0.493 e. The Balaban J connectivity index is 2.68. The van der Waals surface area contributed by atoms with E-state index in [9.17, 15) is 14.7 Å². The topological polar surface area (TPSA) is 86.3 Å². The third-order valence-electron chi connectivity index (χ3n) is 3.10. The maximum Gasteiger partial charge on any atom is 0.258 e. The van der Waals surface area contributed by atoms with Gasteiger partial charge in [-0.05, 0) is 12.3 Å². The van der Waals surface area contributed by atoms with Crippen LogP contribution in [0.2, 0.25) is 0 Å². The zero-order chi connectivity index (χ0) is 16.0. The lowest BCUT2D eigenvalue weighted by Crippen LogP contribution is -2.29. The van der Waals surface area contributed by atoms with Crippen LogP contribution < -0.4 is 5.56 Å². The van der Waals surface area contributed by atoms with E-state index in [2.05, 4.69) is 16.9 Å². The van der Waals surface area contributed by atoms with Crippen LogP contribution in [0, 0.1) is 0 Å². The van der Waals surface area contributed by atoms with Crippen LogP contribution >= 0.6 is 11.8 Å². The average molecular weight is 313 g/mol. The number of hydrogen-bond donors (Lipinski definition) is 2. The number of carbonyl (C=O) groups excluding carboxylic acids is 1. The van der Waals surface area contributed by atoms with E-state index in [1.807, 2.05) is 13.8 Å². The fourth-order valence-electron chi connectivity index (χ4n) is 1.80. The fourth-order valence-corrected chi connectivity index (χ4v) is 2.60. The number of rotatable bonds is 7. The van der Waals surface area contributed by atoms with Crippen molar-refractivity contribution in [3.8, 4) is 5.88 Å². The largest absolute Gasteiger partial charge is 0.493 e. The summed E-state index contributed by atoms with van der Waals surface area (Å²) in [6, 6.07) is 0. The second kappa shape index (κ2) is 8.07. The molecule has 0 bridgehead atoms. The highest BCUT2D eigenvalue weighted by molar-refractivity contribution is 7.99. The first kappa shape index (κ1) is 17.6. The summed E-state index contributed by atoms with van der Waals surface area (Å²) in [5.41, 5.74) is -0.0856. The lowest BCUT2D eigenvalue weighted by Gasteiger charge is -2.16. The molecule has 1 amide bonds. The number of aromatic nitrogens is 2. The molecule has 0 unspecified atom stereocenters. The smallest absolute Gasteiger partial charge is 0.258 e. The summed E-state index contributed by atoms with van der Waals surface area (Å²) in [6.07, 6.45) is 2.00. The number of unbranched alkanes of at least 4 members (excludes halogenated alkanes) is 1. The molecule has 1 aromatic heterocycles. The molecule has 6 nitrogen and oxygen atoms in total. The van der Waals surface area contributed by atoms with E-state index in [4.69, 9.17) is 0 Å². The van der Waals surface area contributed by atoms with Crippen LogP contribution in [0.4, 0.5) is 0 Å². The lowest BCUT2D eigenvalue weighted by atomic mass is 10.1. The van der Waals surface area contributed by atoms with Crippen LogP contribution in [0.1, 0.15) is 45.1 Å². The van der Waals surface area contributed by atoms with Crippen LogP contribution in [0.5, 0.6) is 5.88 Å². The Kier molecular flexibility index (Phi) is 6.74. The molecule has 0 saturated heterocycles. The Hall–Kier alpha value is -1.50. The van der Waals surface area contributed by atoms with Gasteiger partial charge in [0.25, 0.3) is 5.56 Å². The molecule has 0 fully saturated rings. The van der Waals surface area contributed by atoms with Crippen LogP contribution in [0.25, 0.3) is 0 Å². The molecule has 0 saturated carbocycles. The van der Waals surface area contributed by atoms with Gasteiger partial charge in [0, 0.05) is 13.6 Å². The normalized spacial score (nSPS) is 10.9. The van der Waals surface area contributed by atoms with Crippen molar-refractivity contribution in [3.05, 3.63) is 15.9 Å². The number of nitrogens with one attached hydrogen (secondary N) is 1. The Morgan fingerprint density at radius 1 is 1.48 bits per heavy atom. The van der Waals surface area contributed by atoms with Gasteiger partial charge < -0.3 is 15.0 Å². The monoisotopic (exact) mass is 313 g/mol. The third-order valence-corrected chi connectivity index (χ3v) is 3.95. The number of aromatic hydroxyl groups is 1. The Bertz CT molecular complexity index is 543. The number of carbonyl (C=O) groups is 1. The van der Waals surface area contributed by atoms with Gasteiger partial charge in [-0.25, -0.2) is 0 Å². The Morgan fingerprint density at radius 2 is 2.14 bits per heavy atom. The molecule has 0 aromatic carbocycles. The van der Waals surface area contributed by atoms with Crippen molar-refractivity contribution in [1.29, 1.82) is 0 Å². The van der Waals surface area contributed by atoms with E-state index in [0.717, 1.165) is 31.1 Å². The summed E-state index contributed by atoms with van der Waals surface area (Å²) in [7, 11) is 1.76. The molecule has 0 atom stereocenters. The molecule has 21 heavy (non-hydrogen) atoms. The van der Waals surface area contributed by atoms with Gasteiger partial charge >= 0.3 is 0 Å². The molecule has 7 heteroatoms. The molecular weight excluding hydrogens is 290 g/mol. The van der Waals surface area contributed by atoms with Gasteiger partial charge in [-0.1, -0.05) is 39.0 Å². The quantitative estimate of drug-likeness (QED) is 0.593. The SMILES string of the molecule is CCCCN(C)C(=O)CSc1nc(O)c(C(C)C)c(=O)[nH]1. The third kappa shape index (κ3) is 5.08. The highest BCUT2D eigenvalue weighted by Gasteiger charge is 2.15. The van der Waals surface area contributed by atoms with Gasteiger partial charge in [-0.15, -0.1) is 0 Å². The van der Waals surface area contributed by atoms with Gasteiger partial charge in [0.2, 0.25) is 11.8 Å². The summed E-state index contributed by atoms with van der Waals surface area (Å²) in [6.45, 7) is 6.41. The predicted octanol–water partition coefficient (Wildman–Crippen LogP) is 1.95. The first-order valence-electron chi connectivity index (χ1n) is 7.06. The van der Waals surface area contributed by atoms with Crippen LogP contribution in [-0.2, 0) is 4.79 Å². The summed E-state index contributed by atoms with van der Waals surface area (Å²) in [4.78, 5) is 32.0. The van der Waals surface area contributed by atoms with Crippen LogP contribution in [0.3, 0.4) is 0 Å². The van der Waals surface area contributed by atoms with E-state index < -0.39 is 0 Å². The molecule has 1 rings (SSSR count). The second-order valence-electron chi connectivity index (χ2n) is 5.22. The van der Waals surface area contributed by atoms with Crippen molar-refractivity contribution < 1.29 is 9.90 Å². The van der Waals surface area contributed by atoms with Crippen LogP contribution in [0.15, 0.2) is 9.95 Å². The number of nitrogens with zero attached hydrogens (tertiary/aromatic N) is 2. The summed E-state index contributed by atoms with van der Waals surface area (Å²) >= 11 is 1.12. The molecule has 0 radical (unpaired) electrons. The van der Waals surface area contributed by atoms with E-state index in [-0.39, 0.29) is 39.7 Å². The van der Waals surface area contributed by atoms with Crippen LogP contribution in [-0.4, -0.2) is 45.2 Å². The summed E-state index contributed by atoms with van der Waals surface area (Å²) < 4.78 is 0. The molecule has 0 aliphatic rings. The first-order chi connectivity index (χ1) is 9.86. The number of H-pyrrole nitrogens is 1. The van der Waals surface area contributed by atoms with Crippen molar-refractivity contribution in [2.45, 2.75) is 44.7 Å². The van der Waals surface area contributed by atoms with Gasteiger partial charge in [0.05, 0.1) is 11.3 Å². The zero-order valence-electron chi connectivity index (χ0n) is 13.0. The molecule has 0 aliphatic carbocycles. The highest BCUT2D eigenvalue weighted by atomic mass is 32.2. The first-order valence-corrected chi connectivity index (χ1v) is 8.05. The number of aromatic amines is 1. The number of amides is 1. The fraction of sp³-hybridized carbons (Fsp3) is 0.643. The van der Waals surface area contributed by atoms with Crippen molar-refractivity contribution in [1.82, 2.24) is 14.9 Å². The minimum atomic E-state index is -0.355. The van der Waals surface area contributed by atoms with Gasteiger partial charge in [-0.2, -0.15) is 4.98 Å². The van der Waals surface area contributed by atoms with Crippen molar-refractivity contribution in [2.24, 2.45) is 0 Å². The van der Waals surface area contributed by atoms with E-state index in [0.29, 0.717) is 0 Å². The molecule has 1 heterocycles.